The molecule has 0 amide bonds. The summed E-state index contributed by atoms with van der Waals surface area (Å²) >= 11 is 0. The van der Waals surface area contributed by atoms with Crippen molar-refractivity contribution in [3.8, 4) is 0 Å². The average molecular weight is 355 g/mol. The summed E-state index contributed by atoms with van der Waals surface area (Å²) in [6, 6.07) is 0. The van der Waals surface area contributed by atoms with Gasteiger partial charge in [0.2, 0.25) is 0 Å². The number of unbranched alkanes of at least 4 members (excludes halogenated alkanes) is 12. The fraction of sp³-hybridized carbons (Fsp3) is 0.917. The highest BCUT2D eigenvalue weighted by Crippen LogP contribution is 2.29. The zero-order valence-electron chi connectivity index (χ0n) is 17.5. The van der Waals surface area contributed by atoms with Crippen molar-refractivity contribution >= 4 is 0 Å². The molecule has 2 atom stereocenters. The lowest BCUT2D eigenvalue weighted by atomic mass is 9.82. The number of halogens is 1. The van der Waals surface area contributed by atoms with Gasteiger partial charge in [0.1, 0.15) is 0 Å². The van der Waals surface area contributed by atoms with Gasteiger partial charge >= 0.3 is 0 Å². The van der Waals surface area contributed by atoms with Crippen molar-refractivity contribution in [1.29, 1.82) is 0 Å². The molecule has 0 fully saturated rings. The van der Waals surface area contributed by atoms with E-state index in [1.807, 2.05) is 0 Å². The molecule has 0 aliphatic heterocycles. The summed E-state index contributed by atoms with van der Waals surface area (Å²) in [6.07, 6.45) is 24.2. The lowest BCUT2D eigenvalue weighted by molar-refractivity contribution is 0.280. The van der Waals surface area contributed by atoms with Crippen molar-refractivity contribution in [2.24, 2.45) is 11.8 Å². The monoisotopic (exact) mass is 354 g/mol. The van der Waals surface area contributed by atoms with Crippen molar-refractivity contribution in [2.45, 2.75) is 123 Å². The molecule has 150 valence electrons. The summed E-state index contributed by atoms with van der Waals surface area (Å²) in [5.41, 5.74) is 0. The third-order valence-corrected chi connectivity index (χ3v) is 5.71. The van der Waals surface area contributed by atoms with Crippen LogP contribution in [0.3, 0.4) is 0 Å². The van der Waals surface area contributed by atoms with Gasteiger partial charge in [-0.25, -0.2) is 0 Å². The Kier molecular flexibility index (Phi) is 19.7. The van der Waals surface area contributed by atoms with Gasteiger partial charge in [0.15, 0.2) is 0 Å². The Bertz CT molecular complexity index is 261. The zero-order chi connectivity index (χ0) is 18.6. The molecule has 0 aliphatic carbocycles. The van der Waals surface area contributed by atoms with Crippen LogP contribution in [0.4, 0.5) is 4.39 Å². The van der Waals surface area contributed by atoms with Crippen molar-refractivity contribution in [2.75, 3.05) is 6.67 Å². The minimum Gasteiger partial charge on any atom is -0.251 e. The lowest BCUT2D eigenvalue weighted by Crippen LogP contribution is -2.14. The van der Waals surface area contributed by atoms with Gasteiger partial charge in [0, 0.05) is 0 Å². The van der Waals surface area contributed by atoms with E-state index in [-0.39, 0.29) is 6.67 Å². The van der Waals surface area contributed by atoms with E-state index in [0.717, 1.165) is 6.42 Å². The van der Waals surface area contributed by atoms with E-state index < -0.39 is 0 Å². The standard InChI is InChI=1S/C24H47F/c1-4-7-9-11-13-15-17-19-23(6-3)24(21-22-25)20-18-16-14-12-10-8-5-2/h6,23-24H,3-5,7-22H2,1-2H3. The van der Waals surface area contributed by atoms with Crippen LogP contribution < -0.4 is 0 Å². The predicted octanol–water partition coefficient (Wildman–Crippen LogP) is 9.05. The third kappa shape index (κ3) is 15.6. The number of alkyl halides is 1. The Morgan fingerprint density at radius 1 is 0.640 bits per heavy atom. The number of allylic oxidation sites excluding steroid dienone is 1. The van der Waals surface area contributed by atoms with Crippen LogP contribution in [0.25, 0.3) is 0 Å². The van der Waals surface area contributed by atoms with Gasteiger partial charge < -0.3 is 0 Å². The smallest absolute Gasteiger partial charge is 0.0897 e. The molecule has 0 aromatic rings. The molecule has 0 rings (SSSR count). The topological polar surface area (TPSA) is 0 Å². The first-order valence-electron chi connectivity index (χ1n) is 11.5. The zero-order valence-corrected chi connectivity index (χ0v) is 17.5. The molecule has 0 spiro atoms. The predicted molar refractivity (Wildman–Crippen MR) is 113 cm³/mol. The van der Waals surface area contributed by atoms with E-state index >= 15 is 0 Å². The third-order valence-electron chi connectivity index (χ3n) is 5.71. The van der Waals surface area contributed by atoms with E-state index in [0.29, 0.717) is 11.8 Å². The fourth-order valence-corrected chi connectivity index (χ4v) is 3.96. The Hall–Kier alpha value is -0.330. The number of rotatable bonds is 20. The fourth-order valence-electron chi connectivity index (χ4n) is 3.96. The van der Waals surface area contributed by atoms with Crippen LogP contribution in [-0.2, 0) is 0 Å². The molecule has 0 radical (unpaired) electrons. The molecule has 0 bridgehead atoms. The van der Waals surface area contributed by atoms with Crippen molar-refractivity contribution < 1.29 is 4.39 Å². The summed E-state index contributed by atoms with van der Waals surface area (Å²) in [5.74, 6) is 1.06. The maximum absolute atomic E-state index is 13.0. The molecule has 0 nitrogen and oxygen atoms in total. The number of hydrogen-bond acceptors (Lipinski definition) is 0. The molecule has 0 heterocycles. The molecule has 0 N–H and O–H groups in total. The second-order valence-corrected chi connectivity index (χ2v) is 7.96. The van der Waals surface area contributed by atoms with Crippen molar-refractivity contribution in [3.63, 3.8) is 0 Å². The number of hydrogen-bond donors (Lipinski definition) is 0. The summed E-state index contributed by atoms with van der Waals surface area (Å²) < 4.78 is 13.0. The van der Waals surface area contributed by atoms with E-state index in [4.69, 9.17) is 0 Å². The van der Waals surface area contributed by atoms with Gasteiger partial charge in [-0.2, -0.15) is 0 Å². The van der Waals surface area contributed by atoms with Gasteiger partial charge in [0.05, 0.1) is 6.67 Å². The highest BCUT2D eigenvalue weighted by molar-refractivity contribution is 4.84. The van der Waals surface area contributed by atoms with Gasteiger partial charge in [-0.15, -0.1) is 6.58 Å². The summed E-state index contributed by atoms with van der Waals surface area (Å²) in [4.78, 5) is 0. The molecule has 1 heteroatoms. The van der Waals surface area contributed by atoms with Gasteiger partial charge in [-0.05, 0) is 31.1 Å². The molecule has 25 heavy (non-hydrogen) atoms. The van der Waals surface area contributed by atoms with Crippen LogP contribution in [0.1, 0.15) is 123 Å². The molecule has 0 aromatic carbocycles. The normalized spacial score (nSPS) is 13.7. The first-order chi connectivity index (χ1) is 12.3. The van der Waals surface area contributed by atoms with Gasteiger partial charge in [-0.1, -0.05) is 110 Å². The van der Waals surface area contributed by atoms with E-state index in [1.165, 1.54) is 103 Å². The first-order valence-corrected chi connectivity index (χ1v) is 11.5. The average Bonchev–Trinajstić information content (AvgIpc) is 2.63. The highest BCUT2D eigenvalue weighted by Gasteiger charge is 2.18. The Labute approximate surface area is 159 Å². The molecule has 2 unspecified atom stereocenters. The van der Waals surface area contributed by atoms with E-state index in [2.05, 4.69) is 26.5 Å². The van der Waals surface area contributed by atoms with Gasteiger partial charge in [-0.3, -0.25) is 4.39 Å². The largest absolute Gasteiger partial charge is 0.251 e. The lowest BCUT2D eigenvalue weighted by Gasteiger charge is -2.24. The maximum Gasteiger partial charge on any atom is 0.0897 e. The Morgan fingerprint density at radius 2 is 1.08 bits per heavy atom. The summed E-state index contributed by atoms with van der Waals surface area (Å²) in [6.45, 7) is 8.43. The van der Waals surface area contributed by atoms with Crippen LogP contribution in [0.15, 0.2) is 12.7 Å². The SMILES string of the molecule is C=CC(CCCCCCCCC)C(CCF)CCCCCCCCC. The molecule has 0 saturated heterocycles. The van der Waals surface area contributed by atoms with E-state index in [9.17, 15) is 4.39 Å². The maximum atomic E-state index is 13.0. The second kappa shape index (κ2) is 20.0. The molecule has 0 saturated carbocycles. The summed E-state index contributed by atoms with van der Waals surface area (Å²) in [5, 5.41) is 0. The highest BCUT2D eigenvalue weighted by atomic mass is 19.1. The van der Waals surface area contributed by atoms with Gasteiger partial charge in [0.25, 0.3) is 0 Å². The minimum absolute atomic E-state index is 0.164. The molecular weight excluding hydrogens is 307 g/mol. The minimum atomic E-state index is -0.164. The second-order valence-electron chi connectivity index (χ2n) is 7.96. The molecule has 0 aliphatic rings. The summed E-state index contributed by atoms with van der Waals surface area (Å²) in [7, 11) is 0. The van der Waals surface area contributed by atoms with Crippen LogP contribution in [0.5, 0.6) is 0 Å². The van der Waals surface area contributed by atoms with Crippen LogP contribution in [0, 0.1) is 11.8 Å². The Balaban J connectivity index is 3.87. The molecule has 0 aromatic heterocycles. The van der Waals surface area contributed by atoms with Crippen LogP contribution >= 0.6 is 0 Å². The van der Waals surface area contributed by atoms with Crippen molar-refractivity contribution in [3.05, 3.63) is 12.7 Å². The van der Waals surface area contributed by atoms with Crippen LogP contribution in [0.2, 0.25) is 0 Å². The molecular formula is C24H47F. The Morgan fingerprint density at radius 3 is 1.52 bits per heavy atom. The van der Waals surface area contributed by atoms with Crippen molar-refractivity contribution in [1.82, 2.24) is 0 Å². The quantitative estimate of drug-likeness (QED) is 0.151. The van der Waals surface area contributed by atoms with E-state index in [1.54, 1.807) is 0 Å². The van der Waals surface area contributed by atoms with Crippen LogP contribution in [-0.4, -0.2) is 6.67 Å². The first kappa shape index (κ1) is 24.7.